The number of hydrogen-bond donors (Lipinski definition) is 0. The topological polar surface area (TPSA) is 6.48 Å². The van der Waals surface area contributed by atoms with Gasteiger partial charge in [-0.1, -0.05) is 54.6 Å². The van der Waals surface area contributed by atoms with E-state index >= 15 is 0 Å². The van der Waals surface area contributed by atoms with Gasteiger partial charge in [0, 0.05) is 12.7 Å². The van der Waals surface area contributed by atoms with Crippen LogP contribution < -0.4 is 9.80 Å². The molecule has 0 spiro atoms. The molecule has 0 unspecified atom stereocenters. The van der Waals surface area contributed by atoms with E-state index in [9.17, 15) is 0 Å². The van der Waals surface area contributed by atoms with Gasteiger partial charge in [0.15, 0.2) is 0 Å². The summed E-state index contributed by atoms with van der Waals surface area (Å²) in [4.78, 5) is 4.78. The van der Waals surface area contributed by atoms with Gasteiger partial charge in [-0.05, 0) is 72.9 Å². The second-order valence-electron chi connectivity index (χ2n) is 8.31. The molecule has 0 N–H and O–H groups in total. The van der Waals surface area contributed by atoms with Crippen molar-refractivity contribution < 1.29 is 0 Å². The summed E-state index contributed by atoms with van der Waals surface area (Å²) in [5, 5.41) is 0. The number of nitrogens with zero attached hydrogens (tertiary/aromatic N) is 2. The number of rotatable bonds is 3. The highest BCUT2D eigenvalue weighted by atomic mass is 15.4. The molecule has 0 radical (unpaired) electrons. The molecule has 2 aliphatic rings. The molecular formula is C26H28N2. The van der Waals surface area contributed by atoms with Gasteiger partial charge in [-0.15, -0.1) is 0 Å². The summed E-state index contributed by atoms with van der Waals surface area (Å²) in [6.45, 7) is 0.920. The van der Waals surface area contributed by atoms with Gasteiger partial charge in [0.05, 0.1) is 18.0 Å². The molecule has 0 aromatic heterocycles. The minimum atomic E-state index is 0.689. The standard InChI is InChI=1S/C26H28N2/c1-27-19-28(24-10-6-3-7-11-24)26-18-23(16-17-25(26)27)22-14-12-21(13-15-22)20-8-4-2-5-9-20/h2-11,16-18,21-22H,12-15,19H2,1H3. The number of hydrogen-bond acceptors (Lipinski definition) is 2. The molecule has 5 rings (SSSR count). The molecule has 0 saturated heterocycles. The molecule has 1 heterocycles. The van der Waals surface area contributed by atoms with Crippen molar-refractivity contribution in [3.8, 4) is 0 Å². The largest absolute Gasteiger partial charge is 0.355 e. The van der Waals surface area contributed by atoms with Crippen LogP contribution in [-0.4, -0.2) is 13.7 Å². The van der Waals surface area contributed by atoms with Gasteiger partial charge in [0.2, 0.25) is 0 Å². The molecule has 1 aliphatic carbocycles. The fourth-order valence-corrected chi connectivity index (χ4v) is 5.01. The molecular weight excluding hydrogens is 340 g/mol. The number of anilines is 3. The van der Waals surface area contributed by atoms with Crippen molar-refractivity contribution in [3.63, 3.8) is 0 Å². The van der Waals surface area contributed by atoms with Crippen LogP contribution in [0.3, 0.4) is 0 Å². The maximum atomic E-state index is 2.46. The lowest BCUT2D eigenvalue weighted by Crippen LogP contribution is -2.23. The Morgan fingerprint density at radius 3 is 1.93 bits per heavy atom. The summed E-state index contributed by atoms with van der Waals surface area (Å²) in [7, 11) is 2.19. The zero-order valence-corrected chi connectivity index (χ0v) is 16.6. The number of benzene rings is 3. The molecule has 28 heavy (non-hydrogen) atoms. The van der Waals surface area contributed by atoms with Crippen LogP contribution in [0.1, 0.15) is 48.6 Å². The van der Waals surface area contributed by atoms with Crippen molar-refractivity contribution in [2.45, 2.75) is 37.5 Å². The molecule has 1 fully saturated rings. The van der Waals surface area contributed by atoms with E-state index < -0.39 is 0 Å². The van der Waals surface area contributed by atoms with E-state index in [1.807, 2.05) is 0 Å². The molecule has 3 aromatic rings. The van der Waals surface area contributed by atoms with Crippen molar-refractivity contribution in [2.75, 3.05) is 23.5 Å². The summed E-state index contributed by atoms with van der Waals surface area (Å²) in [6, 6.07) is 29.0. The van der Waals surface area contributed by atoms with E-state index in [1.165, 1.54) is 53.9 Å². The van der Waals surface area contributed by atoms with E-state index in [4.69, 9.17) is 0 Å². The predicted octanol–water partition coefficient (Wildman–Crippen LogP) is 6.67. The summed E-state index contributed by atoms with van der Waals surface area (Å²) >= 11 is 0. The summed E-state index contributed by atoms with van der Waals surface area (Å²) < 4.78 is 0. The van der Waals surface area contributed by atoms with E-state index in [-0.39, 0.29) is 0 Å². The van der Waals surface area contributed by atoms with Crippen LogP contribution in [0, 0.1) is 0 Å². The minimum Gasteiger partial charge on any atom is -0.355 e. The fraction of sp³-hybridized carbons (Fsp3) is 0.308. The van der Waals surface area contributed by atoms with Crippen LogP contribution in [0.5, 0.6) is 0 Å². The van der Waals surface area contributed by atoms with Gasteiger partial charge in [-0.3, -0.25) is 0 Å². The molecule has 2 heteroatoms. The first kappa shape index (κ1) is 17.4. The van der Waals surface area contributed by atoms with Crippen molar-refractivity contribution in [3.05, 3.63) is 90.0 Å². The third-order valence-electron chi connectivity index (χ3n) is 6.59. The summed E-state index contributed by atoms with van der Waals surface area (Å²) in [5.74, 6) is 1.42. The van der Waals surface area contributed by atoms with Crippen molar-refractivity contribution in [1.82, 2.24) is 0 Å². The van der Waals surface area contributed by atoms with Gasteiger partial charge in [0.1, 0.15) is 0 Å². The lowest BCUT2D eigenvalue weighted by Gasteiger charge is -2.29. The summed E-state index contributed by atoms with van der Waals surface area (Å²) in [6.07, 6.45) is 5.18. The van der Waals surface area contributed by atoms with Crippen molar-refractivity contribution in [1.29, 1.82) is 0 Å². The normalized spacial score (nSPS) is 21.6. The highest BCUT2D eigenvalue weighted by molar-refractivity contribution is 5.82. The Labute approximate surface area is 168 Å². The van der Waals surface area contributed by atoms with Gasteiger partial charge < -0.3 is 9.80 Å². The van der Waals surface area contributed by atoms with E-state index in [2.05, 4.69) is 95.7 Å². The van der Waals surface area contributed by atoms with Crippen LogP contribution in [0.25, 0.3) is 0 Å². The Kier molecular flexibility index (Phi) is 4.56. The van der Waals surface area contributed by atoms with Crippen LogP contribution in [0.2, 0.25) is 0 Å². The number of fused-ring (bicyclic) bond motifs is 1. The van der Waals surface area contributed by atoms with Crippen molar-refractivity contribution in [2.24, 2.45) is 0 Å². The monoisotopic (exact) mass is 368 g/mol. The van der Waals surface area contributed by atoms with Crippen LogP contribution in [0.4, 0.5) is 17.1 Å². The smallest absolute Gasteiger partial charge is 0.0950 e. The maximum Gasteiger partial charge on any atom is 0.0950 e. The van der Waals surface area contributed by atoms with Gasteiger partial charge in [-0.25, -0.2) is 0 Å². The Balaban J connectivity index is 1.37. The Hall–Kier alpha value is -2.74. The predicted molar refractivity (Wildman–Crippen MR) is 119 cm³/mol. The Bertz CT molecular complexity index is 927. The van der Waals surface area contributed by atoms with E-state index in [0.29, 0.717) is 5.92 Å². The average molecular weight is 369 g/mol. The first-order valence-corrected chi connectivity index (χ1v) is 10.5. The van der Waals surface area contributed by atoms with Gasteiger partial charge in [-0.2, -0.15) is 0 Å². The third kappa shape index (κ3) is 3.17. The first-order valence-electron chi connectivity index (χ1n) is 10.5. The van der Waals surface area contributed by atoms with E-state index in [0.717, 1.165) is 12.6 Å². The van der Waals surface area contributed by atoms with E-state index in [1.54, 1.807) is 0 Å². The zero-order valence-electron chi connectivity index (χ0n) is 16.6. The average Bonchev–Trinajstić information content (AvgIpc) is 3.11. The Morgan fingerprint density at radius 1 is 0.643 bits per heavy atom. The van der Waals surface area contributed by atoms with Crippen LogP contribution in [0.15, 0.2) is 78.9 Å². The Morgan fingerprint density at radius 2 is 1.25 bits per heavy atom. The quantitative estimate of drug-likeness (QED) is 0.509. The van der Waals surface area contributed by atoms with Crippen molar-refractivity contribution >= 4 is 17.1 Å². The molecule has 2 nitrogen and oxygen atoms in total. The molecule has 3 aromatic carbocycles. The second kappa shape index (κ2) is 7.35. The van der Waals surface area contributed by atoms with Crippen LogP contribution in [-0.2, 0) is 0 Å². The highest BCUT2D eigenvalue weighted by Gasteiger charge is 2.28. The molecule has 0 bridgehead atoms. The van der Waals surface area contributed by atoms with Crippen LogP contribution >= 0.6 is 0 Å². The lowest BCUT2D eigenvalue weighted by atomic mass is 9.76. The van der Waals surface area contributed by atoms with Gasteiger partial charge in [0.25, 0.3) is 0 Å². The molecule has 142 valence electrons. The SMILES string of the molecule is CN1CN(c2ccccc2)c2cc(C3CCC(c4ccccc4)CC3)ccc21. The molecule has 1 aliphatic heterocycles. The lowest BCUT2D eigenvalue weighted by molar-refractivity contribution is 0.396. The second-order valence-corrected chi connectivity index (χ2v) is 8.31. The third-order valence-corrected chi connectivity index (χ3v) is 6.59. The number of para-hydroxylation sites is 1. The highest BCUT2D eigenvalue weighted by Crippen LogP contribution is 2.45. The molecule has 1 saturated carbocycles. The zero-order chi connectivity index (χ0) is 18.9. The molecule has 0 atom stereocenters. The van der Waals surface area contributed by atoms with Gasteiger partial charge >= 0.3 is 0 Å². The molecule has 0 amide bonds. The maximum absolute atomic E-state index is 2.46. The fourth-order valence-electron chi connectivity index (χ4n) is 5.01. The first-order chi connectivity index (χ1) is 13.8. The minimum absolute atomic E-state index is 0.689. The summed E-state index contributed by atoms with van der Waals surface area (Å²) in [5.41, 5.74) is 7.01.